The number of β-amino-alcohol motifs (C(OH)–C–C–N with tert-alkyl or cyclic N) is 1. The van der Waals surface area contributed by atoms with Gasteiger partial charge in [-0.2, -0.15) is 0 Å². The number of aliphatic hydroxyl groups is 2. The van der Waals surface area contributed by atoms with Gasteiger partial charge in [0.25, 0.3) is 0 Å². The maximum Gasteiger partial charge on any atom is 0.161 e. The van der Waals surface area contributed by atoms with Crippen LogP contribution in [0.15, 0.2) is 54.9 Å². The van der Waals surface area contributed by atoms with Crippen molar-refractivity contribution in [2.24, 2.45) is 0 Å². The highest BCUT2D eigenvalue weighted by atomic mass is 16.5. The Bertz CT molecular complexity index is 1150. The van der Waals surface area contributed by atoms with Crippen molar-refractivity contribution in [1.29, 1.82) is 0 Å². The molecule has 8 heteroatoms. The van der Waals surface area contributed by atoms with E-state index in [4.69, 9.17) is 14.2 Å². The Labute approximate surface area is 219 Å². The molecular weight excluding hydrogens is 470 g/mol. The minimum atomic E-state index is -1.35. The van der Waals surface area contributed by atoms with Crippen molar-refractivity contribution in [3.8, 4) is 17.2 Å². The van der Waals surface area contributed by atoms with Gasteiger partial charge in [0, 0.05) is 45.0 Å². The molecule has 1 aromatic heterocycles. The third kappa shape index (κ3) is 7.03. The number of likely N-dealkylation sites (tertiary alicyclic amines) is 1. The largest absolute Gasteiger partial charge is 0.493 e. The van der Waals surface area contributed by atoms with Gasteiger partial charge in [-0.05, 0) is 55.2 Å². The number of rotatable bonds is 12. The van der Waals surface area contributed by atoms with Crippen molar-refractivity contribution < 1.29 is 24.4 Å². The molecule has 2 N–H and O–H groups in total. The average Bonchev–Trinajstić information content (AvgIpc) is 3.35. The van der Waals surface area contributed by atoms with E-state index in [1.54, 1.807) is 7.11 Å². The van der Waals surface area contributed by atoms with E-state index < -0.39 is 11.7 Å². The summed E-state index contributed by atoms with van der Waals surface area (Å²) in [5, 5.41) is 21.8. The summed E-state index contributed by atoms with van der Waals surface area (Å²) in [6.45, 7) is 7.15. The van der Waals surface area contributed by atoms with E-state index in [1.807, 2.05) is 61.8 Å². The molecular formula is C29H39N3O5. The number of aromatic nitrogens is 2. The van der Waals surface area contributed by atoms with Gasteiger partial charge < -0.3 is 29.0 Å². The molecule has 2 heterocycles. The van der Waals surface area contributed by atoms with E-state index in [2.05, 4.69) is 21.4 Å². The van der Waals surface area contributed by atoms with Gasteiger partial charge in [-0.25, -0.2) is 4.98 Å². The molecule has 2 aromatic carbocycles. The highest BCUT2D eigenvalue weighted by Crippen LogP contribution is 2.30. The summed E-state index contributed by atoms with van der Waals surface area (Å²) in [4.78, 5) is 6.51. The maximum atomic E-state index is 11.2. The lowest BCUT2D eigenvalue weighted by molar-refractivity contribution is -0.140. The molecule has 0 bridgehead atoms. The zero-order chi connectivity index (χ0) is 26.3. The number of nitrogens with zero attached hydrogens (tertiary/aromatic N) is 3. The maximum absolute atomic E-state index is 11.2. The standard InChI is InChI=1S/C29H39N3O5/c1-4-28-30-12-15-32(28)13-6-16-36-26-18-23(9-10-25(26)35-3)19-31-14-11-27(33)29(34,20-31)21-37-24-8-5-7-22(2)17-24/h5,7-10,12,15,17-18,27,33-34H,4,6,11,13-14,16,19-21H2,1-3H3/t27-,29-/m0/s1. The predicted molar refractivity (Wildman–Crippen MR) is 142 cm³/mol. The van der Waals surface area contributed by atoms with Crippen molar-refractivity contribution in [3.63, 3.8) is 0 Å². The van der Waals surface area contributed by atoms with E-state index in [9.17, 15) is 10.2 Å². The van der Waals surface area contributed by atoms with E-state index in [-0.39, 0.29) is 6.61 Å². The molecule has 3 aromatic rings. The number of aliphatic hydroxyl groups excluding tert-OH is 1. The molecule has 37 heavy (non-hydrogen) atoms. The van der Waals surface area contributed by atoms with Crippen LogP contribution in [0.25, 0.3) is 0 Å². The number of benzene rings is 2. The van der Waals surface area contributed by atoms with Crippen LogP contribution in [0.4, 0.5) is 0 Å². The van der Waals surface area contributed by atoms with Crippen LogP contribution in [0, 0.1) is 6.92 Å². The fraction of sp³-hybridized carbons (Fsp3) is 0.483. The first kappa shape index (κ1) is 27.0. The van der Waals surface area contributed by atoms with Gasteiger partial charge in [-0.1, -0.05) is 25.1 Å². The first-order valence-electron chi connectivity index (χ1n) is 13.0. The van der Waals surface area contributed by atoms with E-state index in [1.165, 1.54) is 0 Å². The second-order valence-corrected chi connectivity index (χ2v) is 9.80. The van der Waals surface area contributed by atoms with Gasteiger partial charge in [0.15, 0.2) is 11.5 Å². The van der Waals surface area contributed by atoms with Crippen molar-refractivity contribution in [3.05, 3.63) is 71.8 Å². The quantitative estimate of drug-likeness (QED) is 0.361. The van der Waals surface area contributed by atoms with Gasteiger partial charge in [0.1, 0.15) is 23.8 Å². The Morgan fingerprint density at radius 3 is 2.78 bits per heavy atom. The Kier molecular flexibility index (Phi) is 9.08. The van der Waals surface area contributed by atoms with Crippen LogP contribution in [0.1, 0.15) is 36.7 Å². The number of aryl methyl sites for hydroxylation is 3. The van der Waals surface area contributed by atoms with Crippen LogP contribution < -0.4 is 14.2 Å². The predicted octanol–water partition coefficient (Wildman–Crippen LogP) is 3.61. The molecule has 2 atom stereocenters. The number of imidazole rings is 1. The molecule has 8 nitrogen and oxygen atoms in total. The molecule has 0 saturated carbocycles. The molecule has 1 saturated heterocycles. The highest BCUT2D eigenvalue weighted by Gasteiger charge is 2.42. The first-order chi connectivity index (χ1) is 17.9. The van der Waals surface area contributed by atoms with Crippen LogP contribution in [0.2, 0.25) is 0 Å². The number of hydrogen-bond acceptors (Lipinski definition) is 7. The van der Waals surface area contributed by atoms with Crippen LogP contribution in [0.3, 0.4) is 0 Å². The van der Waals surface area contributed by atoms with Crippen LogP contribution in [-0.2, 0) is 19.5 Å². The minimum absolute atomic E-state index is 0.0295. The number of ether oxygens (including phenoxy) is 3. The molecule has 1 aliphatic heterocycles. The summed E-state index contributed by atoms with van der Waals surface area (Å²) in [7, 11) is 1.64. The monoisotopic (exact) mass is 509 g/mol. The van der Waals surface area contributed by atoms with Crippen molar-refractivity contribution in [2.45, 2.75) is 57.9 Å². The lowest BCUT2D eigenvalue weighted by Crippen LogP contribution is -2.59. The molecule has 0 radical (unpaired) electrons. The zero-order valence-corrected chi connectivity index (χ0v) is 22.1. The topological polar surface area (TPSA) is 89.2 Å². The van der Waals surface area contributed by atoms with E-state index in [0.717, 1.165) is 36.3 Å². The fourth-order valence-electron chi connectivity index (χ4n) is 4.80. The van der Waals surface area contributed by atoms with Gasteiger partial charge >= 0.3 is 0 Å². The van der Waals surface area contributed by atoms with E-state index in [0.29, 0.717) is 49.9 Å². The summed E-state index contributed by atoms with van der Waals surface area (Å²) in [5.41, 5.74) is 0.788. The van der Waals surface area contributed by atoms with Gasteiger partial charge in [-0.3, -0.25) is 4.90 Å². The summed E-state index contributed by atoms with van der Waals surface area (Å²) < 4.78 is 19.6. The first-order valence-corrected chi connectivity index (χ1v) is 13.0. The lowest BCUT2D eigenvalue weighted by atomic mass is 9.90. The van der Waals surface area contributed by atoms with Crippen molar-refractivity contribution >= 4 is 0 Å². The smallest absolute Gasteiger partial charge is 0.161 e. The van der Waals surface area contributed by atoms with Gasteiger partial charge in [0.05, 0.1) is 19.8 Å². The van der Waals surface area contributed by atoms with Crippen molar-refractivity contribution in [2.75, 3.05) is 33.4 Å². The number of hydrogen-bond donors (Lipinski definition) is 2. The van der Waals surface area contributed by atoms with Crippen LogP contribution in [0.5, 0.6) is 17.2 Å². The summed E-state index contributed by atoms with van der Waals surface area (Å²) in [6, 6.07) is 13.6. The molecule has 1 aliphatic rings. The molecule has 0 amide bonds. The molecule has 200 valence electrons. The zero-order valence-electron chi connectivity index (χ0n) is 22.1. The second-order valence-electron chi connectivity index (χ2n) is 9.80. The van der Waals surface area contributed by atoms with Crippen LogP contribution >= 0.6 is 0 Å². The minimum Gasteiger partial charge on any atom is -0.493 e. The van der Waals surface area contributed by atoms with Gasteiger partial charge in [0.2, 0.25) is 0 Å². The summed E-state index contributed by atoms with van der Waals surface area (Å²) in [5.74, 6) is 3.17. The SMILES string of the molecule is CCc1nccn1CCCOc1cc(CN2CC[C@H](O)[C@@](O)(COc3cccc(C)c3)C2)ccc1OC. The highest BCUT2D eigenvalue weighted by molar-refractivity contribution is 5.43. The number of methoxy groups -OCH3 is 1. The Morgan fingerprint density at radius 1 is 1.14 bits per heavy atom. The molecule has 4 rings (SSSR count). The lowest BCUT2D eigenvalue weighted by Gasteiger charge is -2.42. The average molecular weight is 510 g/mol. The molecule has 0 unspecified atom stereocenters. The van der Waals surface area contributed by atoms with Crippen LogP contribution in [-0.4, -0.2) is 69.8 Å². The Morgan fingerprint density at radius 2 is 2.00 bits per heavy atom. The third-order valence-electron chi connectivity index (χ3n) is 6.87. The summed E-state index contributed by atoms with van der Waals surface area (Å²) >= 11 is 0. The van der Waals surface area contributed by atoms with Crippen molar-refractivity contribution in [1.82, 2.24) is 14.5 Å². The third-order valence-corrected chi connectivity index (χ3v) is 6.87. The summed E-state index contributed by atoms with van der Waals surface area (Å²) in [6.07, 6.45) is 5.23. The molecule has 0 spiro atoms. The number of piperidine rings is 1. The normalized spacial score (nSPS) is 20.1. The second kappa shape index (κ2) is 12.4. The molecule has 0 aliphatic carbocycles. The molecule has 1 fully saturated rings. The van der Waals surface area contributed by atoms with Gasteiger partial charge in [-0.15, -0.1) is 0 Å². The Hall–Kier alpha value is -3.07. The Balaban J connectivity index is 1.34. The van der Waals surface area contributed by atoms with E-state index >= 15 is 0 Å². The fourth-order valence-corrected chi connectivity index (χ4v) is 4.80.